The van der Waals surface area contributed by atoms with Crippen LogP contribution in [0.5, 0.6) is 5.75 Å². The number of carboxylic acids is 1. The summed E-state index contributed by atoms with van der Waals surface area (Å²) in [5.74, 6) is -8.20. The fourth-order valence-corrected chi connectivity index (χ4v) is 3.10. The maximum absolute atomic E-state index is 13.7. The molecule has 1 saturated carbocycles. The molecular formula is C19H23F2O5-. The van der Waals surface area contributed by atoms with Gasteiger partial charge in [0.25, 0.3) is 0 Å². The highest BCUT2D eigenvalue weighted by Crippen LogP contribution is 2.34. The van der Waals surface area contributed by atoms with E-state index >= 15 is 0 Å². The zero-order valence-corrected chi connectivity index (χ0v) is 15.1. The van der Waals surface area contributed by atoms with Gasteiger partial charge in [0.05, 0.1) is 5.56 Å². The summed E-state index contributed by atoms with van der Waals surface area (Å²) in [4.78, 5) is 22.8. The van der Waals surface area contributed by atoms with Crippen LogP contribution in [-0.2, 0) is 9.53 Å². The molecule has 0 spiro atoms. The fourth-order valence-electron chi connectivity index (χ4n) is 3.10. The zero-order valence-electron chi connectivity index (χ0n) is 15.1. The second-order valence-electron chi connectivity index (χ2n) is 7.26. The molecule has 5 nitrogen and oxygen atoms in total. The molecule has 0 amide bonds. The van der Waals surface area contributed by atoms with Crippen molar-refractivity contribution in [2.24, 2.45) is 5.92 Å². The van der Waals surface area contributed by atoms with E-state index in [2.05, 4.69) is 0 Å². The number of ether oxygens (including phenoxy) is 2. The zero-order chi connectivity index (χ0) is 19.5. The Bertz CT molecular complexity index is 648. The molecule has 0 heterocycles. The first kappa shape index (κ1) is 20.1. The molecule has 1 atom stereocenters. The first-order valence-electron chi connectivity index (χ1n) is 8.64. The topological polar surface area (TPSA) is 75.7 Å². The Morgan fingerprint density at radius 3 is 2.15 bits per heavy atom. The van der Waals surface area contributed by atoms with Crippen LogP contribution in [0.15, 0.2) is 24.3 Å². The maximum Gasteiger partial charge on any atom is 0.338 e. The first-order valence-corrected chi connectivity index (χ1v) is 8.64. The number of alkyl halides is 2. The van der Waals surface area contributed by atoms with Gasteiger partial charge < -0.3 is 19.4 Å². The lowest BCUT2D eigenvalue weighted by atomic mass is 10.0. The van der Waals surface area contributed by atoms with Gasteiger partial charge in [0.15, 0.2) is 6.10 Å². The molecule has 7 heteroatoms. The number of aliphatic carboxylic acids is 1. The molecule has 1 aliphatic rings. The van der Waals surface area contributed by atoms with Crippen molar-refractivity contribution in [2.75, 3.05) is 0 Å². The highest BCUT2D eigenvalue weighted by molar-refractivity contribution is 5.90. The van der Waals surface area contributed by atoms with Gasteiger partial charge in [-0.25, -0.2) is 4.79 Å². The Hall–Kier alpha value is -2.18. The number of benzene rings is 1. The van der Waals surface area contributed by atoms with E-state index in [4.69, 9.17) is 9.47 Å². The summed E-state index contributed by atoms with van der Waals surface area (Å²) >= 11 is 0. The monoisotopic (exact) mass is 369 g/mol. The molecule has 0 saturated heterocycles. The Balaban J connectivity index is 2.08. The molecule has 1 aromatic rings. The minimum atomic E-state index is -4.27. The van der Waals surface area contributed by atoms with E-state index in [9.17, 15) is 23.5 Å². The molecule has 1 fully saturated rings. The third-order valence-corrected chi connectivity index (χ3v) is 4.58. The number of carbonyl (C=O) groups excluding carboxylic acids is 2. The minimum Gasteiger partial charge on any atom is -0.544 e. The van der Waals surface area contributed by atoms with Crippen LogP contribution in [0, 0.1) is 5.92 Å². The summed E-state index contributed by atoms with van der Waals surface area (Å²) in [6, 6.07) is 5.96. The number of halogens is 2. The van der Waals surface area contributed by atoms with Gasteiger partial charge in [-0.2, -0.15) is 8.78 Å². The number of carbonyl (C=O) groups is 2. The summed E-state index contributed by atoms with van der Waals surface area (Å²) in [6.07, 6.45) is 1.98. The average molecular weight is 369 g/mol. The Morgan fingerprint density at radius 1 is 1.15 bits per heavy atom. The number of hydrogen-bond acceptors (Lipinski definition) is 5. The van der Waals surface area contributed by atoms with Crippen molar-refractivity contribution in [3.63, 3.8) is 0 Å². The van der Waals surface area contributed by atoms with E-state index in [1.165, 1.54) is 26.0 Å². The van der Waals surface area contributed by atoms with Crippen molar-refractivity contribution in [1.29, 1.82) is 0 Å². The predicted octanol–water partition coefficient (Wildman–Crippen LogP) is 2.96. The summed E-state index contributed by atoms with van der Waals surface area (Å²) in [5.41, 5.74) is -0.199. The van der Waals surface area contributed by atoms with E-state index in [-0.39, 0.29) is 11.2 Å². The van der Waals surface area contributed by atoms with Crippen molar-refractivity contribution in [3.05, 3.63) is 29.8 Å². The van der Waals surface area contributed by atoms with Crippen LogP contribution in [0.1, 0.15) is 56.8 Å². The number of hydrogen-bond donors (Lipinski definition) is 0. The van der Waals surface area contributed by atoms with Crippen molar-refractivity contribution in [2.45, 2.75) is 64.1 Å². The van der Waals surface area contributed by atoms with E-state index in [1.54, 1.807) is 12.1 Å². The normalized spacial score (nSPS) is 17.8. The van der Waals surface area contributed by atoms with Gasteiger partial charge in [-0.05, 0) is 62.8 Å². The SMILES string of the molecule is CC(C)C(OC(=O)c1ccc(OC2(C)CCCC2)cc1)C(F)(F)C(=O)[O-]. The number of carboxylic acid groups (broad SMARTS) is 1. The summed E-state index contributed by atoms with van der Waals surface area (Å²) in [6.45, 7) is 4.71. The van der Waals surface area contributed by atoms with Crippen LogP contribution >= 0.6 is 0 Å². The van der Waals surface area contributed by atoms with E-state index in [0.29, 0.717) is 5.75 Å². The second-order valence-corrected chi connectivity index (χ2v) is 7.26. The largest absolute Gasteiger partial charge is 0.544 e. The number of rotatable bonds is 7. The smallest absolute Gasteiger partial charge is 0.338 e. The van der Waals surface area contributed by atoms with E-state index < -0.39 is 29.9 Å². The second kappa shape index (κ2) is 7.60. The van der Waals surface area contributed by atoms with Crippen molar-refractivity contribution in [1.82, 2.24) is 0 Å². The lowest BCUT2D eigenvalue weighted by molar-refractivity contribution is -0.337. The van der Waals surface area contributed by atoms with Gasteiger partial charge in [-0.3, -0.25) is 0 Å². The average Bonchev–Trinajstić information content (AvgIpc) is 2.98. The van der Waals surface area contributed by atoms with Gasteiger partial charge >= 0.3 is 11.9 Å². The summed E-state index contributed by atoms with van der Waals surface area (Å²) in [7, 11) is 0. The van der Waals surface area contributed by atoms with Crippen LogP contribution in [0.2, 0.25) is 0 Å². The van der Waals surface area contributed by atoms with Crippen molar-refractivity contribution >= 4 is 11.9 Å². The van der Waals surface area contributed by atoms with Crippen LogP contribution in [-0.4, -0.2) is 29.6 Å². The highest BCUT2D eigenvalue weighted by atomic mass is 19.3. The maximum atomic E-state index is 13.7. The van der Waals surface area contributed by atoms with Crippen LogP contribution < -0.4 is 9.84 Å². The Labute approximate surface area is 151 Å². The van der Waals surface area contributed by atoms with Gasteiger partial charge in [0, 0.05) is 0 Å². The van der Waals surface area contributed by atoms with Crippen LogP contribution in [0.3, 0.4) is 0 Å². The molecule has 1 aromatic carbocycles. The van der Waals surface area contributed by atoms with E-state index in [1.807, 2.05) is 6.92 Å². The van der Waals surface area contributed by atoms with E-state index in [0.717, 1.165) is 25.7 Å². The Morgan fingerprint density at radius 2 is 1.69 bits per heavy atom. The summed E-state index contributed by atoms with van der Waals surface area (Å²) < 4.78 is 38.1. The van der Waals surface area contributed by atoms with Crippen molar-refractivity contribution in [3.8, 4) is 5.75 Å². The van der Waals surface area contributed by atoms with Gasteiger partial charge in [0.1, 0.15) is 17.3 Å². The fraction of sp³-hybridized carbons (Fsp3) is 0.579. The standard InChI is InChI=1S/C19H24F2O5/c1-12(2)15(19(20,21)17(23)24)25-16(22)13-6-8-14(9-7-13)26-18(3)10-4-5-11-18/h6-9,12,15H,4-5,10-11H2,1-3H3,(H,23,24)/p-1. The molecule has 0 aromatic heterocycles. The third kappa shape index (κ3) is 4.51. The summed E-state index contributed by atoms with van der Waals surface area (Å²) in [5, 5.41) is 10.7. The molecule has 1 aliphatic carbocycles. The molecule has 0 N–H and O–H groups in total. The highest BCUT2D eigenvalue weighted by Gasteiger charge is 2.46. The lowest BCUT2D eigenvalue weighted by Crippen LogP contribution is -2.53. The van der Waals surface area contributed by atoms with Crippen LogP contribution in [0.4, 0.5) is 8.78 Å². The predicted molar refractivity (Wildman–Crippen MR) is 87.9 cm³/mol. The molecule has 26 heavy (non-hydrogen) atoms. The minimum absolute atomic E-state index is 0.0359. The lowest BCUT2D eigenvalue weighted by Gasteiger charge is -2.30. The molecule has 1 unspecified atom stereocenters. The molecule has 144 valence electrons. The van der Waals surface area contributed by atoms with Gasteiger partial charge in [0.2, 0.25) is 0 Å². The molecular weight excluding hydrogens is 346 g/mol. The number of esters is 1. The van der Waals surface area contributed by atoms with Crippen molar-refractivity contribution < 1.29 is 33.0 Å². The Kier molecular flexibility index (Phi) is 5.88. The molecule has 0 radical (unpaired) electrons. The molecule has 0 aliphatic heterocycles. The molecule has 2 rings (SSSR count). The van der Waals surface area contributed by atoms with Crippen LogP contribution in [0.25, 0.3) is 0 Å². The first-order chi connectivity index (χ1) is 12.0. The van der Waals surface area contributed by atoms with Gasteiger partial charge in [-0.1, -0.05) is 13.8 Å². The molecule has 0 bridgehead atoms. The third-order valence-electron chi connectivity index (χ3n) is 4.58. The quantitative estimate of drug-likeness (QED) is 0.691. The van der Waals surface area contributed by atoms with Gasteiger partial charge in [-0.15, -0.1) is 0 Å².